The Hall–Kier alpha value is -3.69. The second-order valence-corrected chi connectivity index (χ2v) is 12.1. The van der Waals surface area contributed by atoms with Crippen molar-refractivity contribution in [2.24, 2.45) is 0 Å². The molecule has 1 heterocycles. The number of halogens is 1. The molecule has 0 fully saturated rings. The fourth-order valence-electron chi connectivity index (χ4n) is 6.26. The highest BCUT2D eigenvalue weighted by Crippen LogP contribution is 2.55. The lowest BCUT2D eigenvalue weighted by atomic mass is 9.94. The van der Waals surface area contributed by atoms with E-state index >= 15 is 0 Å². The van der Waals surface area contributed by atoms with E-state index in [0.29, 0.717) is 0 Å². The zero-order valence-corrected chi connectivity index (χ0v) is 21.4. The number of benzene rings is 6. The molecule has 0 atom stereocenters. The van der Waals surface area contributed by atoms with Crippen LogP contribution in [0.3, 0.4) is 0 Å². The molecule has 0 saturated heterocycles. The lowest BCUT2D eigenvalue weighted by molar-refractivity contribution is 0.133. The molecule has 7 aromatic carbocycles. The first-order valence-electron chi connectivity index (χ1n) is 12.4. The highest BCUT2D eigenvalue weighted by atomic mass is 32.1. The van der Waals surface area contributed by atoms with Gasteiger partial charge in [0.25, 0.3) is 0 Å². The summed E-state index contributed by atoms with van der Waals surface area (Å²) in [4.78, 5) is 1.15. The SMILES string of the molecule is Cc1cc2c3cc(-c4ccc(F)cc4)sc3c3cc(OC(C)(C)C)c4ccc5ccc1c1c5c4c3c21. The molecule has 0 spiro atoms. The summed E-state index contributed by atoms with van der Waals surface area (Å²) in [5, 5.41) is 14.4. The molecule has 36 heavy (non-hydrogen) atoms. The number of hydrogen-bond donors (Lipinski definition) is 0. The Balaban J connectivity index is 1.64. The molecule has 0 saturated carbocycles. The highest BCUT2D eigenvalue weighted by Gasteiger charge is 2.27. The van der Waals surface area contributed by atoms with Crippen LogP contribution in [0, 0.1) is 12.7 Å². The molecule has 3 heteroatoms. The molecule has 1 aromatic heterocycles. The van der Waals surface area contributed by atoms with Crippen LogP contribution < -0.4 is 4.74 Å². The largest absolute Gasteiger partial charge is 0.487 e. The van der Waals surface area contributed by atoms with Crippen LogP contribution in [0.25, 0.3) is 74.4 Å². The van der Waals surface area contributed by atoms with E-state index in [1.54, 1.807) is 23.5 Å². The van der Waals surface area contributed by atoms with Crippen molar-refractivity contribution in [1.29, 1.82) is 0 Å². The first kappa shape index (κ1) is 20.5. The zero-order chi connectivity index (χ0) is 24.5. The Morgan fingerprint density at radius 2 is 1.33 bits per heavy atom. The van der Waals surface area contributed by atoms with Gasteiger partial charge in [0.15, 0.2) is 0 Å². The molecule has 0 aliphatic heterocycles. The summed E-state index contributed by atoms with van der Waals surface area (Å²) in [6.07, 6.45) is 0. The van der Waals surface area contributed by atoms with Crippen molar-refractivity contribution in [3.8, 4) is 16.2 Å². The highest BCUT2D eigenvalue weighted by molar-refractivity contribution is 7.23. The molecule has 0 N–H and O–H groups in total. The van der Waals surface area contributed by atoms with Crippen LogP contribution in [0.4, 0.5) is 4.39 Å². The zero-order valence-electron chi connectivity index (χ0n) is 20.5. The van der Waals surface area contributed by atoms with E-state index in [1.807, 2.05) is 12.1 Å². The summed E-state index contributed by atoms with van der Waals surface area (Å²) in [6, 6.07) is 22.8. The number of rotatable bonds is 2. The average molecular weight is 487 g/mol. The van der Waals surface area contributed by atoms with Crippen molar-refractivity contribution in [2.75, 3.05) is 0 Å². The quantitative estimate of drug-likeness (QED) is 0.221. The Labute approximate surface area is 211 Å². The monoisotopic (exact) mass is 486 g/mol. The van der Waals surface area contributed by atoms with Gasteiger partial charge < -0.3 is 4.74 Å². The van der Waals surface area contributed by atoms with Gasteiger partial charge in [0.2, 0.25) is 0 Å². The molecule has 174 valence electrons. The molecular weight excluding hydrogens is 463 g/mol. The third kappa shape index (κ3) is 2.54. The number of hydrogen-bond acceptors (Lipinski definition) is 2. The number of thiophene rings is 1. The van der Waals surface area contributed by atoms with E-state index in [4.69, 9.17) is 4.74 Å². The predicted molar refractivity (Wildman–Crippen MR) is 153 cm³/mol. The average Bonchev–Trinajstić information content (AvgIpc) is 3.43. The van der Waals surface area contributed by atoms with Gasteiger partial charge in [-0.2, -0.15) is 0 Å². The van der Waals surface area contributed by atoms with Crippen molar-refractivity contribution in [1.82, 2.24) is 0 Å². The molecule has 1 nitrogen and oxygen atoms in total. The molecule has 8 aromatic rings. The number of aryl methyl sites for hydroxylation is 1. The van der Waals surface area contributed by atoms with Crippen molar-refractivity contribution in [3.63, 3.8) is 0 Å². The second-order valence-electron chi connectivity index (χ2n) is 11.1. The Kier molecular flexibility index (Phi) is 3.72. The Bertz CT molecular complexity index is 2110. The third-order valence-corrected chi connectivity index (χ3v) is 8.83. The van der Waals surface area contributed by atoms with Crippen molar-refractivity contribution < 1.29 is 9.13 Å². The molecule has 0 unspecified atom stereocenters. The van der Waals surface area contributed by atoms with E-state index in [9.17, 15) is 4.39 Å². The summed E-state index contributed by atoms with van der Waals surface area (Å²) in [7, 11) is 0. The molecule has 8 rings (SSSR count). The van der Waals surface area contributed by atoms with Crippen LogP contribution in [-0.4, -0.2) is 5.60 Å². The van der Waals surface area contributed by atoms with Gasteiger partial charge in [-0.15, -0.1) is 11.3 Å². The number of ether oxygens (including phenoxy) is 1. The fourth-order valence-corrected chi connectivity index (χ4v) is 7.46. The maximum Gasteiger partial charge on any atom is 0.128 e. The topological polar surface area (TPSA) is 9.23 Å². The smallest absolute Gasteiger partial charge is 0.128 e. The van der Waals surface area contributed by atoms with Gasteiger partial charge in [-0.25, -0.2) is 4.39 Å². The third-order valence-electron chi connectivity index (χ3n) is 7.61. The van der Waals surface area contributed by atoms with Gasteiger partial charge in [0, 0.05) is 36.5 Å². The van der Waals surface area contributed by atoms with E-state index in [-0.39, 0.29) is 11.4 Å². The van der Waals surface area contributed by atoms with E-state index in [1.165, 1.54) is 69.5 Å². The summed E-state index contributed by atoms with van der Waals surface area (Å²) < 4.78 is 21.5. The minimum atomic E-state index is -0.309. The van der Waals surface area contributed by atoms with Gasteiger partial charge in [-0.05, 0) is 101 Å². The maximum absolute atomic E-state index is 13.7. The first-order valence-corrected chi connectivity index (χ1v) is 13.2. The summed E-state index contributed by atoms with van der Waals surface area (Å²) >= 11 is 1.79. The molecule has 0 aliphatic carbocycles. The first-order chi connectivity index (χ1) is 17.3. The maximum atomic E-state index is 13.7. The predicted octanol–water partition coefficient (Wildman–Crippen LogP) is 10.3. The van der Waals surface area contributed by atoms with Crippen LogP contribution in [0.2, 0.25) is 0 Å². The van der Waals surface area contributed by atoms with Gasteiger partial charge >= 0.3 is 0 Å². The van der Waals surface area contributed by atoms with Crippen LogP contribution in [-0.2, 0) is 0 Å². The standard InChI is InChI=1S/C33H23FOS/c1-16-13-22-23-15-26(17-5-9-19(34)10-6-17)36-32(23)24-14-25(35-33(2,3)4)21-12-8-18-7-11-20(16)28-27(18)29(21)31(24)30(22)28/h5-15H,1-4H3. The molecule has 0 aliphatic rings. The fraction of sp³-hybridized carbons (Fsp3) is 0.152. The van der Waals surface area contributed by atoms with E-state index < -0.39 is 0 Å². The van der Waals surface area contributed by atoms with Crippen LogP contribution in [0.1, 0.15) is 26.3 Å². The molecule has 0 amide bonds. The van der Waals surface area contributed by atoms with Crippen molar-refractivity contribution >= 4 is 75.3 Å². The summed E-state index contributed by atoms with van der Waals surface area (Å²) in [5.41, 5.74) is 2.03. The lowest BCUT2D eigenvalue weighted by Crippen LogP contribution is -2.23. The molecule has 0 bridgehead atoms. The van der Waals surface area contributed by atoms with Gasteiger partial charge in [-0.3, -0.25) is 0 Å². The van der Waals surface area contributed by atoms with Crippen LogP contribution >= 0.6 is 11.3 Å². The molecular formula is C33H23FOS. The van der Waals surface area contributed by atoms with Crippen LogP contribution in [0.15, 0.2) is 66.7 Å². The summed E-state index contributed by atoms with van der Waals surface area (Å²) in [6.45, 7) is 8.55. The van der Waals surface area contributed by atoms with Crippen molar-refractivity contribution in [3.05, 3.63) is 78.1 Å². The second kappa shape index (κ2) is 6.54. The number of fused-ring (bicyclic) bond motifs is 3. The van der Waals surface area contributed by atoms with Crippen molar-refractivity contribution in [2.45, 2.75) is 33.3 Å². The van der Waals surface area contributed by atoms with Gasteiger partial charge in [0.1, 0.15) is 17.2 Å². The lowest BCUT2D eigenvalue weighted by Gasteiger charge is -2.23. The summed E-state index contributed by atoms with van der Waals surface area (Å²) in [5.74, 6) is 0.727. The van der Waals surface area contributed by atoms with E-state index in [0.717, 1.165) is 16.2 Å². The minimum absolute atomic E-state index is 0.209. The normalized spacial score (nSPS) is 13.1. The van der Waals surface area contributed by atoms with Crippen LogP contribution in [0.5, 0.6) is 5.75 Å². The Morgan fingerprint density at radius 3 is 2.08 bits per heavy atom. The Morgan fingerprint density at radius 1 is 0.667 bits per heavy atom. The molecule has 0 radical (unpaired) electrons. The van der Waals surface area contributed by atoms with Gasteiger partial charge in [-0.1, -0.05) is 36.4 Å². The minimum Gasteiger partial charge on any atom is -0.487 e. The van der Waals surface area contributed by atoms with E-state index in [2.05, 4.69) is 70.2 Å². The van der Waals surface area contributed by atoms with Gasteiger partial charge in [0.05, 0.1) is 0 Å².